The van der Waals surface area contributed by atoms with Crippen LogP contribution in [0.15, 0.2) is 17.7 Å². The molecule has 0 amide bonds. The molecular formula is C10H3Cl2N3O2. The molecule has 5 nitrogen and oxygen atoms in total. The van der Waals surface area contributed by atoms with E-state index in [2.05, 4.69) is 0 Å². The van der Waals surface area contributed by atoms with Gasteiger partial charge in [0.05, 0.1) is 20.5 Å². The lowest BCUT2D eigenvalue weighted by atomic mass is 10.1. The van der Waals surface area contributed by atoms with Gasteiger partial charge in [-0.2, -0.15) is 10.5 Å². The third-order valence-electron chi connectivity index (χ3n) is 1.81. The maximum absolute atomic E-state index is 10.8. The highest BCUT2D eigenvalue weighted by atomic mass is 35.5. The minimum absolute atomic E-state index is 0.0333. The minimum Gasteiger partial charge on any atom is -0.258 e. The first-order chi connectivity index (χ1) is 7.99. The van der Waals surface area contributed by atoms with Crippen LogP contribution in [0.2, 0.25) is 10.0 Å². The van der Waals surface area contributed by atoms with Gasteiger partial charge in [-0.25, -0.2) is 0 Å². The standard InChI is InChI=1S/C10H3Cl2N3O2/c11-8-2-7(1-6(4-13)5-14)10(15(16)17)3-9(8)12/h1-3H. The van der Waals surface area contributed by atoms with Gasteiger partial charge in [-0.15, -0.1) is 0 Å². The molecule has 0 atom stereocenters. The highest BCUT2D eigenvalue weighted by Gasteiger charge is 2.16. The van der Waals surface area contributed by atoms with Crippen LogP contribution in [0.4, 0.5) is 5.69 Å². The molecular weight excluding hydrogens is 265 g/mol. The first-order valence-corrected chi connectivity index (χ1v) is 4.90. The highest BCUT2D eigenvalue weighted by molar-refractivity contribution is 6.42. The van der Waals surface area contributed by atoms with Gasteiger partial charge in [-0.3, -0.25) is 10.1 Å². The summed E-state index contributed by atoms with van der Waals surface area (Å²) in [7, 11) is 0. The van der Waals surface area contributed by atoms with Crippen molar-refractivity contribution in [2.75, 3.05) is 0 Å². The molecule has 0 aliphatic carbocycles. The van der Waals surface area contributed by atoms with Crippen molar-refractivity contribution >= 4 is 35.0 Å². The van der Waals surface area contributed by atoms with Crippen LogP contribution in [0.3, 0.4) is 0 Å². The zero-order valence-electron chi connectivity index (χ0n) is 8.15. The van der Waals surface area contributed by atoms with Crippen LogP contribution in [-0.2, 0) is 0 Å². The molecule has 0 aromatic heterocycles. The number of allylic oxidation sites excluding steroid dienone is 1. The molecule has 0 bridgehead atoms. The first-order valence-electron chi connectivity index (χ1n) is 4.15. The molecule has 0 heterocycles. The summed E-state index contributed by atoms with van der Waals surface area (Å²) < 4.78 is 0. The van der Waals surface area contributed by atoms with E-state index in [-0.39, 0.29) is 26.9 Å². The summed E-state index contributed by atoms with van der Waals surface area (Å²) in [6.07, 6.45) is 1.08. The summed E-state index contributed by atoms with van der Waals surface area (Å²) in [6.45, 7) is 0. The predicted octanol–water partition coefficient (Wildman–Crippen LogP) is 3.33. The van der Waals surface area contributed by atoms with Gasteiger partial charge in [0.25, 0.3) is 5.69 Å². The lowest BCUT2D eigenvalue weighted by Crippen LogP contribution is -1.92. The van der Waals surface area contributed by atoms with Gasteiger partial charge in [0.2, 0.25) is 0 Å². The number of benzene rings is 1. The smallest absolute Gasteiger partial charge is 0.258 e. The van der Waals surface area contributed by atoms with Gasteiger partial charge in [0.1, 0.15) is 17.7 Å². The average molecular weight is 268 g/mol. The third-order valence-corrected chi connectivity index (χ3v) is 2.53. The van der Waals surface area contributed by atoms with Crippen molar-refractivity contribution in [1.29, 1.82) is 10.5 Å². The second-order valence-corrected chi connectivity index (χ2v) is 3.68. The molecule has 0 spiro atoms. The van der Waals surface area contributed by atoms with Crippen LogP contribution in [-0.4, -0.2) is 4.92 Å². The fourth-order valence-corrected chi connectivity index (χ4v) is 1.40. The van der Waals surface area contributed by atoms with Crippen LogP contribution >= 0.6 is 23.2 Å². The summed E-state index contributed by atoms with van der Waals surface area (Å²) in [6, 6.07) is 5.51. The van der Waals surface area contributed by atoms with E-state index >= 15 is 0 Å². The Bertz CT molecular complexity index is 581. The van der Waals surface area contributed by atoms with Crippen molar-refractivity contribution in [2.24, 2.45) is 0 Å². The van der Waals surface area contributed by atoms with Crippen molar-refractivity contribution in [3.8, 4) is 12.1 Å². The van der Waals surface area contributed by atoms with Crippen molar-refractivity contribution in [2.45, 2.75) is 0 Å². The van der Waals surface area contributed by atoms with E-state index in [4.69, 9.17) is 33.7 Å². The second-order valence-electron chi connectivity index (χ2n) is 2.86. The summed E-state index contributed by atoms with van der Waals surface area (Å²) in [5.41, 5.74) is -0.517. The molecule has 0 unspecified atom stereocenters. The number of nitriles is 2. The lowest BCUT2D eigenvalue weighted by molar-refractivity contribution is -0.385. The normalized spacial score (nSPS) is 8.94. The largest absolute Gasteiger partial charge is 0.278 e. The Balaban J connectivity index is 3.49. The Morgan fingerprint density at radius 2 is 1.82 bits per heavy atom. The molecule has 7 heteroatoms. The molecule has 1 aromatic rings. The van der Waals surface area contributed by atoms with Crippen LogP contribution in [0, 0.1) is 32.8 Å². The molecule has 0 radical (unpaired) electrons. The van der Waals surface area contributed by atoms with Crippen LogP contribution in [0.1, 0.15) is 5.56 Å². The van der Waals surface area contributed by atoms with Gasteiger partial charge in [-0.05, 0) is 12.1 Å². The molecule has 17 heavy (non-hydrogen) atoms. The van der Waals surface area contributed by atoms with Crippen molar-refractivity contribution in [1.82, 2.24) is 0 Å². The van der Waals surface area contributed by atoms with Crippen molar-refractivity contribution in [3.63, 3.8) is 0 Å². The molecule has 1 aromatic carbocycles. The predicted molar refractivity (Wildman–Crippen MR) is 62.3 cm³/mol. The molecule has 1 rings (SSSR count). The SMILES string of the molecule is N#CC(C#N)=Cc1cc(Cl)c(Cl)cc1[N+](=O)[O-]. The molecule has 84 valence electrons. The average Bonchev–Trinajstić information content (AvgIpc) is 2.29. The number of rotatable bonds is 2. The van der Waals surface area contributed by atoms with Crippen molar-refractivity contribution in [3.05, 3.63) is 43.4 Å². The molecule has 0 N–H and O–H groups in total. The maximum Gasteiger partial charge on any atom is 0.278 e. The van der Waals surface area contributed by atoms with Gasteiger partial charge in [0, 0.05) is 6.07 Å². The third kappa shape index (κ3) is 2.94. The number of nitro benzene ring substituents is 1. The molecule has 0 saturated heterocycles. The van der Waals surface area contributed by atoms with Crippen LogP contribution in [0.5, 0.6) is 0 Å². The van der Waals surface area contributed by atoms with Gasteiger partial charge < -0.3 is 0 Å². The fraction of sp³-hybridized carbons (Fsp3) is 0. The number of nitrogens with zero attached hydrogens (tertiary/aromatic N) is 3. The lowest BCUT2D eigenvalue weighted by Gasteiger charge is -2.00. The summed E-state index contributed by atoms with van der Waals surface area (Å²) in [5, 5.41) is 28.0. The molecule has 0 fully saturated rings. The van der Waals surface area contributed by atoms with E-state index in [1.807, 2.05) is 0 Å². The van der Waals surface area contributed by atoms with Gasteiger partial charge in [-0.1, -0.05) is 23.2 Å². The van der Waals surface area contributed by atoms with Crippen molar-refractivity contribution < 1.29 is 4.92 Å². The van der Waals surface area contributed by atoms with E-state index in [1.54, 1.807) is 12.1 Å². The van der Waals surface area contributed by atoms with E-state index in [9.17, 15) is 10.1 Å². The van der Waals surface area contributed by atoms with E-state index in [0.29, 0.717) is 0 Å². The van der Waals surface area contributed by atoms with E-state index < -0.39 is 4.92 Å². The van der Waals surface area contributed by atoms with Crippen LogP contribution < -0.4 is 0 Å². The minimum atomic E-state index is -0.666. The molecule has 0 aliphatic rings. The Morgan fingerprint density at radius 3 is 2.29 bits per heavy atom. The van der Waals surface area contributed by atoms with Crippen LogP contribution in [0.25, 0.3) is 6.08 Å². The van der Waals surface area contributed by atoms with E-state index in [0.717, 1.165) is 12.1 Å². The highest BCUT2D eigenvalue weighted by Crippen LogP contribution is 2.31. The number of hydrogen-bond donors (Lipinski definition) is 0. The fourth-order valence-electron chi connectivity index (χ4n) is 1.07. The quantitative estimate of drug-likeness (QED) is 0.467. The summed E-state index contributed by atoms with van der Waals surface area (Å²) in [4.78, 5) is 10.1. The summed E-state index contributed by atoms with van der Waals surface area (Å²) in [5.74, 6) is 0. The molecule has 0 aliphatic heterocycles. The number of halogens is 2. The van der Waals surface area contributed by atoms with Gasteiger partial charge in [0.15, 0.2) is 0 Å². The monoisotopic (exact) mass is 267 g/mol. The van der Waals surface area contributed by atoms with Gasteiger partial charge >= 0.3 is 0 Å². The zero-order valence-corrected chi connectivity index (χ0v) is 9.66. The second kappa shape index (κ2) is 5.31. The topological polar surface area (TPSA) is 90.7 Å². The summed E-state index contributed by atoms with van der Waals surface area (Å²) >= 11 is 11.4. The zero-order chi connectivity index (χ0) is 13.0. The Kier molecular flexibility index (Phi) is 4.06. The Morgan fingerprint density at radius 1 is 1.29 bits per heavy atom. The Labute approximate surface area is 106 Å². The first kappa shape index (κ1) is 13.0. The maximum atomic E-state index is 10.8. The molecule has 0 saturated carbocycles. The number of hydrogen-bond acceptors (Lipinski definition) is 4. The Hall–Kier alpha value is -2.08. The van der Waals surface area contributed by atoms with E-state index in [1.165, 1.54) is 6.07 Å². The number of nitro groups is 1.